The fourth-order valence-corrected chi connectivity index (χ4v) is 8.29. The molecule has 2 aliphatic rings. The molecule has 13 heteroatoms. The van der Waals surface area contributed by atoms with E-state index in [1.807, 2.05) is 24.3 Å². The van der Waals surface area contributed by atoms with E-state index >= 15 is 0 Å². The first-order valence-electron chi connectivity index (χ1n) is 22.5. The first-order chi connectivity index (χ1) is 31.0. The molecule has 0 fully saturated rings. The molecular weight excluding hydrogens is 805 g/mol. The van der Waals surface area contributed by atoms with E-state index in [0.29, 0.717) is 70.8 Å². The highest BCUT2D eigenvalue weighted by Gasteiger charge is 2.42. The van der Waals surface area contributed by atoms with Crippen molar-refractivity contribution in [1.82, 2.24) is 31.0 Å². The molecule has 0 radical (unpaired) electrons. The van der Waals surface area contributed by atoms with E-state index in [2.05, 4.69) is 154 Å². The summed E-state index contributed by atoms with van der Waals surface area (Å²) in [6.45, 7) is 15.1. The fraction of sp³-hybridized carbons (Fsp3) is 0.431. The van der Waals surface area contributed by atoms with Crippen molar-refractivity contribution in [2.75, 3.05) is 64.7 Å². The lowest BCUT2D eigenvalue weighted by Gasteiger charge is -2.27. The fourth-order valence-electron chi connectivity index (χ4n) is 8.29. The summed E-state index contributed by atoms with van der Waals surface area (Å²) in [5.41, 5.74) is 9.39. The van der Waals surface area contributed by atoms with Crippen molar-refractivity contribution in [3.8, 4) is 11.4 Å². The molecule has 3 aromatic carbocycles. The molecule has 2 aliphatic heterocycles. The number of benzene rings is 3. The molecule has 4 aromatic rings. The lowest BCUT2D eigenvalue weighted by atomic mass is 9.81. The highest BCUT2D eigenvalue weighted by atomic mass is 16.5. The quantitative estimate of drug-likeness (QED) is 0.0414. The Morgan fingerprint density at radius 1 is 0.688 bits per heavy atom. The Kier molecular flexibility index (Phi) is 17.2. The normalized spacial score (nSPS) is 15.7. The van der Waals surface area contributed by atoms with Crippen LogP contribution >= 0.6 is 0 Å². The van der Waals surface area contributed by atoms with Gasteiger partial charge >= 0.3 is 0 Å². The Bertz CT molecular complexity index is 2300. The monoisotopic (exact) mass is 870 g/mol. The molecule has 1 aromatic heterocycles. The second kappa shape index (κ2) is 23.2. The lowest BCUT2D eigenvalue weighted by molar-refractivity contribution is -0.401. The maximum atomic E-state index is 12.5. The summed E-state index contributed by atoms with van der Waals surface area (Å²) in [4.78, 5) is 27.2. The molecule has 0 atom stereocenters. The topological polar surface area (TPSA) is 144 Å². The molecule has 2 amide bonds. The largest absolute Gasteiger partial charge is 0.379 e. The van der Waals surface area contributed by atoms with Crippen LogP contribution in [0.2, 0.25) is 0 Å². The Hall–Kier alpha value is -5.89. The van der Waals surface area contributed by atoms with E-state index in [-0.39, 0.29) is 29.1 Å². The van der Waals surface area contributed by atoms with Gasteiger partial charge in [-0.25, -0.2) is 0 Å². The van der Waals surface area contributed by atoms with Gasteiger partial charge in [0.05, 0.1) is 45.1 Å². The molecule has 2 N–H and O–H groups in total. The molecule has 0 unspecified atom stereocenters. The number of nitrogens with zero attached hydrogens (tertiary/aromatic N) is 6. The van der Waals surface area contributed by atoms with Crippen LogP contribution < -0.4 is 15.5 Å². The number of aromatic nitrogens is 4. The predicted molar refractivity (Wildman–Crippen MR) is 252 cm³/mol. The van der Waals surface area contributed by atoms with Crippen molar-refractivity contribution in [2.45, 2.75) is 84.1 Å². The zero-order valence-electron chi connectivity index (χ0n) is 38.4. The number of carbonyl (C=O) groups excluding carboxylic acids is 2. The minimum absolute atomic E-state index is 0.0466. The minimum atomic E-state index is -0.119. The first-order valence-corrected chi connectivity index (χ1v) is 22.5. The number of nitrogens with one attached hydrogen (secondary N) is 2. The number of aryl methyl sites for hydroxylation is 1. The first kappa shape index (κ1) is 47.6. The van der Waals surface area contributed by atoms with E-state index in [4.69, 9.17) is 14.2 Å². The van der Waals surface area contributed by atoms with Gasteiger partial charge in [-0.3, -0.25) is 9.59 Å². The highest BCUT2D eigenvalue weighted by molar-refractivity contribution is 6.03. The van der Waals surface area contributed by atoms with Crippen LogP contribution in [0, 0.1) is 6.92 Å². The van der Waals surface area contributed by atoms with Gasteiger partial charge in [0.15, 0.2) is 11.5 Å². The van der Waals surface area contributed by atoms with Crippen molar-refractivity contribution in [2.24, 2.45) is 0 Å². The maximum absolute atomic E-state index is 12.5. The van der Waals surface area contributed by atoms with E-state index in [9.17, 15) is 9.59 Å². The average Bonchev–Trinajstić information content (AvgIpc) is 3.63. The van der Waals surface area contributed by atoms with Crippen LogP contribution in [-0.4, -0.2) is 102 Å². The van der Waals surface area contributed by atoms with Gasteiger partial charge < -0.3 is 29.7 Å². The molecule has 6 rings (SSSR count). The Balaban J connectivity index is 0.787. The van der Waals surface area contributed by atoms with Crippen LogP contribution in [0.5, 0.6) is 0 Å². The summed E-state index contributed by atoms with van der Waals surface area (Å²) in [6, 6.07) is 24.9. The number of unbranched alkanes of at least 4 members (excludes halogenated alkanes) is 2. The predicted octanol–water partition coefficient (Wildman–Crippen LogP) is 7.48. The highest BCUT2D eigenvalue weighted by Crippen LogP contribution is 2.47. The van der Waals surface area contributed by atoms with Crippen molar-refractivity contribution in [1.29, 1.82) is 0 Å². The number of hydrogen-bond acceptors (Lipinski definition) is 10. The molecule has 0 aliphatic carbocycles. The van der Waals surface area contributed by atoms with Gasteiger partial charge in [0.25, 0.3) is 0 Å². The van der Waals surface area contributed by atoms with Crippen LogP contribution in [0.1, 0.15) is 82.3 Å². The third-order valence-electron chi connectivity index (χ3n) is 11.8. The van der Waals surface area contributed by atoms with Crippen LogP contribution in [0.15, 0.2) is 109 Å². The number of hydrogen-bond donors (Lipinski definition) is 2. The van der Waals surface area contributed by atoms with Gasteiger partial charge in [0.2, 0.25) is 23.3 Å². The summed E-state index contributed by atoms with van der Waals surface area (Å²) >= 11 is 0. The van der Waals surface area contributed by atoms with Crippen molar-refractivity contribution in [3.05, 3.63) is 131 Å². The molecule has 0 spiro atoms. The number of anilines is 1. The second-order valence-corrected chi connectivity index (χ2v) is 17.2. The smallest absolute Gasteiger partial charge is 0.222 e. The van der Waals surface area contributed by atoms with Crippen LogP contribution in [0.3, 0.4) is 0 Å². The van der Waals surface area contributed by atoms with Gasteiger partial charge in [-0.2, -0.15) is 4.58 Å². The van der Waals surface area contributed by atoms with Gasteiger partial charge in [-0.05, 0) is 56.9 Å². The Labute approximate surface area is 378 Å². The van der Waals surface area contributed by atoms with Crippen LogP contribution in [-0.2, 0) is 41.2 Å². The summed E-state index contributed by atoms with van der Waals surface area (Å²) in [6.07, 6.45) is 14.5. The minimum Gasteiger partial charge on any atom is -0.379 e. The number of para-hydroxylation sites is 2. The third-order valence-corrected chi connectivity index (χ3v) is 11.8. The van der Waals surface area contributed by atoms with Gasteiger partial charge in [0, 0.05) is 72.5 Å². The maximum Gasteiger partial charge on any atom is 0.222 e. The molecule has 0 saturated heterocycles. The van der Waals surface area contributed by atoms with Gasteiger partial charge in [0.1, 0.15) is 7.05 Å². The van der Waals surface area contributed by atoms with Crippen molar-refractivity contribution < 1.29 is 28.4 Å². The average molecular weight is 870 g/mol. The molecule has 3 heterocycles. The van der Waals surface area contributed by atoms with Gasteiger partial charge in [-0.1, -0.05) is 99.2 Å². The zero-order chi connectivity index (χ0) is 45.4. The summed E-state index contributed by atoms with van der Waals surface area (Å²) in [5.74, 6) is 0.929. The number of amides is 2. The Morgan fingerprint density at radius 3 is 2.08 bits per heavy atom. The van der Waals surface area contributed by atoms with E-state index in [0.717, 1.165) is 36.9 Å². The number of fused-ring (bicyclic) bond motifs is 2. The van der Waals surface area contributed by atoms with Crippen molar-refractivity contribution in [3.63, 3.8) is 0 Å². The number of ether oxygens (including phenoxy) is 3. The summed E-state index contributed by atoms with van der Waals surface area (Å²) in [7, 11) is 2.15. The molecule has 64 heavy (non-hydrogen) atoms. The van der Waals surface area contributed by atoms with E-state index in [1.54, 1.807) is 6.92 Å². The molecule has 338 valence electrons. The lowest BCUT2D eigenvalue weighted by Crippen LogP contribution is -2.28. The number of carbonyl (C=O) groups is 2. The SMILES string of the molecule is Cc1nnc(-c2ccc(CNC(=O)CCOCCOCCOCCNC(=O)CCCCCN3\C(=C/C=C/C=C/C4=[N+](C)c5ccccc5C4(C)C)C(C)(C)c4ccccc43)cc2)nn1. The van der Waals surface area contributed by atoms with E-state index < -0.39 is 0 Å². The standard InChI is InChI=1S/C51H64N8O5/c1-38-54-56-49(57-55-38)40-26-24-39(25-27-40)37-53-48(61)28-31-62-33-35-64-36-34-63-32-29-52-47(60)23-11-8-16-30-59-44-20-15-13-18-42(44)51(4,5)46(59)22-10-7-9-21-45-50(2,3)41-17-12-14-19-43(41)58(45)6/h7,9-10,12-15,17-22,24-27H,8,11,16,23,28-37H2,1-6H3,(H-,52,53,60,61)/p+1. The zero-order valence-corrected chi connectivity index (χ0v) is 38.4. The van der Waals surface area contributed by atoms with E-state index in [1.165, 1.54) is 33.9 Å². The number of rotatable bonds is 24. The number of allylic oxidation sites excluding steroid dienone is 6. The van der Waals surface area contributed by atoms with Gasteiger partial charge in [-0.15, -0.1) is 20.4 Å². The summed E-state index contributed by atoms with van der Waals surface area (Å²) in [5, 5.41) is 21.8. The Morgan fingerprint density at radius 2 is 1.34 bits per heavy atom. The van der Waals surface area contributed by atoms with Crippen LogP contribution in [0.4, 0.5) is 11.4 Å². The van der Waals surface area contributed by atoms with Crippen molar-refractivity contribution >= 4 is 28.9 Å². The second-order valence-electron chi connectivity index (χ2n) is 17.2. The third kappa shape index (κ3) is 12.6. The molecule has 13 nitrogen and oxygen atoms in total. The van der Waals surface area contributed by atoms with Crippen LogP contribution in [0.25, 0.3) is 11.4 Å². The molecule has 0 saturated carbocycles. The summed E-state index contributed by atoms with van der Waals surface area (Å²) < 4.78 is 19.0. The molecule has 0 bridgehead atoms. The molecular formula is C51H65N8O5+.